The van der Waals surface area contributed by atoms with E-state index in [2.05, 4.69) is 30.8 Å². The summed E-state index contributed by atoms with van der Waals surface area (Å²) in [5, 5.41) is 8.58. The fraction of sp³-hybridized carbons (Fsp3) is 0.571. The quantitative estimate of drug-likeness (QED) is 0.278. The molecule has 0 radical (unpaired) electrons. The van der Waals surface area contributed by atoms with E-state index in [0.717, 1.165) is 37.3 Å². The molecule has 6 nitrogen and oxygen atoms in total. The summed E-state index contributed by atoms with van der Waals surface area (Å²) in [7, 11) is -10.7. The molecule has 0 bridgehead atoms. The van der Waals surface area contributed by atoms with E-state index >= 15 is 0 Å². The first kappa shape index (κ1) is 19.8. The van der Waals surface area contributed by atoms with Crippen LogP contribution in [0.15, 0.2) is 18.3 Å². The Kier molecular flexibility index (Phi) is 4.61. The average molecular weight is 416 g/mol. The fourth-order valence-corrected chi connectivity index (χ4v) is 3.22. The zero-order valence-electron chi connectivity index (χ0n) is 14.3. The molecule has 2 aromatic rings. The van der Waals surface area contributed by atoms with Gasteiger partial charge in [-0.1, -0.05) is 9.78 Å². The summed E-state index contributed by atoms with van der Waals surface area (Å²) < 4.78 is 63.6. The van der Waals surface area contributed by atoms with Gasteiger partial charge in [0.15, 0.2) is 5.52 Å². The van der Waals surface area contributed by atoms with Crippen LogP contribution in [0.2, 0.25) is 0 Å². The first-order chi connectivity index (χ1) is 12.4. The summed E-state index contributed by atoms with van der Waals surface area (Å²) in [5.74, 6) is 1.20. The number of nitrogens with zero attached hydrogens (tertiary/aromatic N) is 6. The molecule has 27 heavy (non-hydrogen) atoms. The third-order valence-corrected chi connectivity index (χ3v) is 4.19. The van der Waals surface area contributed by atoms with Crippen molar-refractivity contribution >= 4 is 24.9 Å². The molecular formula is C14H19F6N6P. The minimum atomic E-state index is -10.7. The Morgan fingerprint density at radius 3 is 2.15 bits per heavy atom. The predicted molar refractivity (Wildman–Crippen MR) is 89.3 cm³/mol. The van der Waals surface area contributed by atoms with Crippen molar-refractivity contribution in [2.75, 3.05) is 26.2 Å². The predicted octanol–water partition coefficient (Wildman–Crippen LogP) is 4.31. The van der Waals surface area contributed by atoms with Crippen molar-refractivity contribution in [3.63, 3.8) is 0 Å². The Hall–Kier alpha value is -1.97. The largest absolute Gasteiger partial charge is 0.381 e. The number of halogens is 6. The smallest absolute Gasteiger partial charge is 0.263 e. The molecule has 2 fully saturated rings. The molecule has 0 spiro atoms. The van der Waals surface area contributed by atoms with Crippen molar-refractivity contribution < 1.29 is 29.8 Å². The van der Waals surface area contributed by atoms with Gasteiger partial charge in [0.25, 0.3) is 0 Å². The van der Waals surface area contributed by atoms with Crippen LogP contribution in [0.1, 0.15) is 25.7 Å². The number of pyridine rings is 1. The third-order valence-electron chi connectivity index (χ3n) is 4.19. The summed E-state index contributed by atoms with van der Waals surface area (Å²) in [6, 6.07) is 4.00. The molecule has 2 saturated heterocycles. The van der Waals surface area contributed by atoms with Crippen molar-refractivity contribution in [2.24, 2.45) is 0 Å². The topological polar surface area (TPSA) is 49.9 Å². The SMILES string of the molecule is F[P-](F)(F)(F)(F)F.c1cnc2nnn(C(N3CCCC3)=[N+]3CCCC3)c2c1. The maximum absolute atomic E-state index is 10.7. The maximum Gasteiger partial charge on any atom is 0.381 e. The number of hydrogen-bond donors (Lipinski definition) is 0. The number of aromatic nitrogens is 4. The third kappa shape index (κ3) is 6.02. The minimum absolute atomic E-state index is 0.725. The standard InChI is InChI=1S/C14H19N6.F6P/c1-2-9-18(8-1)14(19-10-3-4-11-19)20-12-6-5-7-15-13(12)16-17-20;1-7(2,3,4,5)6/h5-7H,1-4,8-11H2;/q+1;-1. The van der Waals surface area contributed by atoms with E-state index in [-0.39, 0.29) is 0 Å². The van der Waals surface area contributed by atoms with E-state index in [1.54, 1.807) is 6.20 Å². The first-order valence-corrected chi connectivity index (χ1v) is 10.5. The van der Waals surface area contributed by atoms with Crippen molar-refractivity contribution in [3.8, 4) is 0 Å². The van der Waals surface area contributed by atoms with Crippen LogP contribution in [-0.4, -0.2) is 61.6 Å². The van der Waals surface area contributed by atoms with Gasteiger partial charge >= 0.3 is 38.9 Å². The van der Waals surface area contributed by atoms with E-state index in [4.69, 9.17) is 0 Å². The summed E-state index contributed by atoms with van der Waals surface area (Å²) in [5.41, 5.74) is 1.73. The van der Waals surface area contributed by atoms with Gasteiger partial charge in [-0.25, -0.2) is 4.98 Å². The molecule has 152 valence electrons. The van der Waals surface area contributed by atoms with Crippen LogP contribution in [-0.2, 0) is 0 Å². The van der Waals surface area contributed by atoms with Gasteiger partial charge in [0, 0.05) is 11.4 Å². The van der Waals surface area contributed by atoms with Crippen molar-refractivity contribution in [3.05, 3.63) is 18.3 Å². The molecule has 4 heterocycles. The fourth-order valence-electron chi connectivity index (χ4n) is 3.22. The van der Waals surface area contributed by atoms with Crippen LogP contribution in [0.3, 0.4) is 0 Å². The van der Waals surface area contributed by atoms with Gasteiger partial charge in [-0.05, 0) is 37.8 Å². The zero-order chi connectivity index (χ0) is 19.8. The van der Waals surface area contributed by atoms with Crippen LogP contribution < -0.4 is 0 Å². The van der Waals surface area contributed by atoms with E-state index < -0.39 is 7.81 Å². The molecule has 0 atom stereocenters. The Labute approximate surface area is 150 Å². The minimum Gasteiger partial charge on any atom is -0.263 e. The van der Waals surface area contributed by atoms with Crippen LogP contribution >= 0.6 is 7.81 Å². The van der Waals surface area contributed by atoms with Crippen LogP contribution in [0.25, 0.3) is 11.2 Å². The van der Waals surface area contributed by atoms with Gasteiger partial charge in [0.1, 0.15) is 0 Å². The van der Waals surface area contributed by atoms with Crippen molar-refractivity contribution in [1.82, 2.24) is 24.9 Å². The molecule has 4 rings (SSSR count). The zero-order valence-corrected chi connectivity index (χ0v) is 15.2. The summed E-state index contributed by atoms with van der Waals surface area (Å²) in [4.78, 5) is 6.74. The molecule has 0 aromatic carbocycles. The van der Waals surface area contributed by atoms with Gasteiger partial charge in [-0.2, -0.15) is 0 Å². The molecule has 0 N–H and O–H groups in total. The molecule has 0 unspecified atom stereocenters. The molecule has 2 aromatic heterocycles. The maximum atomic E-state index is 9.87. The molecule has 0 aliphatic carbocycles. The Morgan fingerprint density at radius 2 is 1.56 bits per heavy atom. The second-order valence-electron chi connectivity index (χ2n) is 6.49. The van der Waals surface area contributed by atoms with Gasteiger partial charge in [0.05, 0.1) is 26.2 Å². The monoisotopic (exact) mass is 416 g/mol. The van der Waals surface area contributed by atoms with Gasteiger partial charge < -0.3 is 0 Å². The number of rotatable bonds is 0. The van der Waals surface area contributed by atoms with E-state index in [1.165, 1.54) is 31.6 Å². The summed E-state index contributed by atoms with van der Waals surface area (Å²) >= 11 is 0. The van der Waals surface area contributed by atoms with Gasteiger partial charge in [-0.15, -0.1) is 0 Å². The Balaban J connectivity index is 0.000000260. The summed E-state index contributed by atoms with van der Waals surface area (Å²) in [6.45, 7) is 4.47. The Bertz CT molecular complexity index is 837. The number of likely N-dealkylation sites (tertiary alicyclic amines) is 1. The van der Waals surface area contributed by atoms with Gasteiger partial charge in [0.2, 0.25) is 5.65 Å². The second kappa shape index (κ2) is 6.29. The second-order valence-corrected chi connectivity index (χ2v) is 8.41. The normalized spacial score (nSPS) is 20.2. The molecule has 0 saturated carbocycles. The van der Waals surface area contributed by atoms with Crippen LogP contribution in [0.4, 0.5) is 25.2 Å². The molecule has 2 aliphatic heterocycles. The first-order valence-electron chi connectivity index (χ1n) is 8.48. The number of fused-ring (bicyclic) bond motifs is 1. The van der Waals surface area contributed by atoms with Crippen LogP contribution in [0.5, 0.6) is 0 Å². The van der Waals surface area contributed by atoms with Crippen molar-refractivity contribution in [1.29, 1.82) is 0 Å². The van der Waals surface area contributed by atoms with Crippen molar-refractivity contribution in [2.45, 2.75) is 25.7 Å². The molecule has 0 amide bonds. The van der Waals surface area contributed by atoms with E-state index in [0.29, 0.717) is 0 Å². The average Bonchev–Trinajstić information content (AvgIpc) is 3.27. The van der Waals surface area contributed by atoms with Gasteiger partial charge in [-0.3, -0.25) is 9.48 Å². The van der Waals surface area contributed by atoms with Crippen LogP contribution in [0, 0.1) is 0 Å². The van der Waals surface area contributed by atoms with E-state index in [1.807, 2.05) is 10.7 Å². The Morgan fingerprint density at radius 1 is 0.963 bits per heavy atom. The van der Waals surface area contributed by atoms with E-state index in [9.17, 15) is 25.2 Å². The molecule has 2 aliphatic rings. The summed E-state index contributed by atoms with van der Waals surface area (Å²) in [6.07, 6.45) is 6.83. The molecule has 13 heteroatoms. The molecular weight excluding hydrogens is 397 g/mol. The number of hydrogen-bond acceptors (Lipinski definition) is 3.